The van der Waals surface area contributed by atoms with Crippen LogP contribution in [0, 0.1) is 6.92 Å². The minimum absolute atomic E-state index is 0.0487. The first-order valence-electron chi connectivity index (χ1n) is 10.9. The molecule has 3 aromatic rings. The van der Waals surface area contributed by atoms with Gasteiger partial charge in [0.25, 0.3) is 5.91 Å². The number of amides is 1. The Morgan fingerprint density at radius 2 is 1.77 bits per heavy atom. The van der Waals surface area contributed by atoms with E-state index in [1.54, 1.807) is 11.5 Å². The molecule has 8 nitrogen and oxygen atoms in total. The molecule has 0 bridgehead atoms. The van der Waals surface area contributed by atoms with Gasteiger partial charge in [-0.3, -0.25) is 9.59 Å². The molecule has 184 valence electrons. The highest BCUT2D eigenvalue weighted by Crippen LogP contribution is 2.21. The Labute approximate surface area is 208 Å². The van der Waals surface area contributed by atoms with E-state index in [4.69, 9.17) is 4.74 Å². The first kappa shape index (κ1) is 26.3. The van der Waals surface area contributed by atoms with Crippen molar-refractivity contribution in [1.82, 2.24) is 8.87 Å². The fraction of sp³-hybridized carbons (Fsp3) is 0.240. The van der Waals surface area contributed by atoms with Gasteiger partial charge in [0.1, 0.15) is 6.54 Å². The summed E-state index contributed by atoms with van der Waals surface area (Å²) in [6, 6.07) is 11.3. The molecule has 0 aliphatic rings. The Morgan fingerprint density at radius 1 is 1.11 bits per heavy atom. The number of esters is 1. The van der Waals surface area contributed by atoms with Crippen molar-refractivity contribution in [2.45, 2.75) is 25.3 Å². The topological polar surface area (TPSA) is 98.0 Å². The van der Waals surface area contributed by atoms with Gasteiger partial charge >= 0.3 is 5.97 Å². The van der Waals surface area contributed by atoms with Gasteiger partial charge in [-0.2, -0.15) is 9.30 Å². The zero-order valence-corrected chi connectivity index (χ0v) is 21.3. The van der Waals surface area contributed by atoms with Gasteiger partial charge < -0.3 is 9.30 Å². The van der Waals surface area contributed by atoms with Gasteiger partial charge in [0.05, 0.1) is 21.7 Å². The second-order valence-corrected chi connectivity index (χ2v) is 10.5. The lowest BCUT2D eigenvalue weighted by Crippen LogP contribution is -2.31. The molecule has 0 saturated heterocycles. The third-order valence-corrected chi connectivity index (χ3v) is 7.99. The average Bonchev–Trinajstić information content (AvgIpc) is 3.17. The number of sulfonamides is 1. The molecule has 0 saturated carbocycles. The van der Waals surface area contributed by atoms with Gasteiger partial charge in [-0.15, -0.1) is 13.2 Å². The highest BCUT2D eigenvalue weighted by Gasteiger charge is 2.23. The van der Waals surface area contributed by atoms with E-state index in [0.717, 1.165) is 15.8 Å². The maximum absolute atomic E-state index is 13.0. The van der Waals surface area contributed by atoms with Gasteiger partial charge in [-0.1, -0.05) is 35.6 Å². The Balaban J connectivity index is 1.99. The molecule has 10 heteroatoms. The van der Waals surface area contributed by atoms with Crippen molar-refractivity contribution in [1.29, 1.82) is 0 Å². The zero-order valence-electron chi connectivity index (χ0n) is 19.6. The number of hydrogen-bond donors (Lipinski definition) is 0. The fourth-order valence-corrected chi connectivity index (χ4v) is 5.99. The van der Waals surface area contributed by atoms with Crippen LogP contribution in [0.25, 0.3) is 10.2 Å². The van der Waals surface area contributed by atoms with E-state index in [9.17, 15) is 18.0 Å². The largest absolute Gasteiger partial charge is 0.465 e. The molecule has 0 aliphatic heterocycles. The van der Waals surface area contributed by atoms with Crippen LogP contribution in [0.1, 0.15) is 22.8 Å². The molecule has 35 heavy (non-hydrogen) atoms. The summed E-state index contributed by atoms with van der Waals surface area (Å²) in [5.41, 5.74) is 1.97. The molecule has 2 aromatic carbocycles. The van der Waals surface area contributed by atoms with E-state index in [1.165, 1.54) is 52.1 Å². The first-order valence-corrected chi connectivity index (χ1v) is 13.1. The summed E-state index contributed by atoms with van der Waals surface area (Å²) >= 11 is 1.29. The highest BCUT2D eigenvalue weighted by molar-refractivity contribution is 7.89. The van der Waals surface area contributed by atoms with Crippen molar-refractivity contribution in [3.05, 3.63) is 83.7 Å². The first-order chi connectivity index (χ1) is 16.7. The van der Waals surface area contributed by atoms with Gasteiger partial charge in [0.2, 0.25) is 10.0 Å². The molecule has 1 heterocycles. The summed E-state index contributed by atoms with van der Waals surface area (Å²) in [4.78, 5) is 29.8. The molecule has 0 aliphatic carbocycles. The van der Waals surface area contributed by atoms with Crippen LogP contribution in [0.2, 0.25) is 0 Å². The zero-order chi connectivity index (χ0) is 25.6. The number of carbonyl (C=O) groups excluding carboxylic acids is 2. The lowest BCUT2D eigenvalue weighted by atomic mass is 10.2. The van der Waals surface area contributed by atoms with Crippen LogP contribution in [-0.2, 0) is 26.1 Å². The van der Waals surface area contributed by atoms with Crippen LogP contribution in [0.15, 0.2) is 77.7 Å². The Morgan fingerprint density at radius 3 is 2.37 bits per heavy atom. The fourth-order valence-electron chi connectivity index (χ4n) is 3.50. The Hall–Kier alpha value is -3.34. The van der Waals surface area contributed by atoms with Crippen molar-refractivity contribution in [3.8, 4) is 0 Å². The average molecular weight is 514 g/mol. The number of nitrogens with zero attached hydrogens (tertiary/aromatic N) is 3. The number of benzene rings is 2. The summed E-state index contributed by atoms with van der Waals surface area (Å²) in [6.07, 6.45) is 2.99. The van der Waals surface area contributed by atoms with E-state index in [0.29, 0.717) is 4.80 Å². The number of hydrogen-bond acceptors (Lipinski definition) is 6. The summed E-state index contributed by atoms with van der Waals surface area (Å²) in [7, 11) is -3.78. The van der Waals surface area contributed by atoms with Gasteiger partial charge in [0, 0.05) is 18.7 Å². The molecule has 1 aromatic heterocycles. The predicted octanol–water partition coefficient (Wildman–Crippen LogP) is 3.68. The van der Waals surface area contributed by atoms with Gasteiger partial charge in [0.15, 0.2) is 4.80 Å². The summed E-state index contributed by atoms with van der Waals surface area (Å²) in [6.45, 7) is 11.3. The number of aromatic nitrogens is 1. The van der Waals surface area contributed by atoms with Crippen LogP contribution in [0.3, 0.4) is 0 Å². The second kappa shape index (κ2) is 11.4. The maximum atomic E-state index is 13.0. The molecular formula is C25H27N3O5S2. The normalized spacial score (nSPS) is 12.1. The van der Waals surface area contributed by atoms with Crippen molar-refractivity contribution in [2.24, 2.45) is 4.99 Å². The number of thiazole rings is 1. The Kier molecular flexibility index (Phi) is 8.55. The van der Waals surface area contributed by atoms with Crippen molar-refractivity contribution in [3.63, 3.8) is 0 Å². The molecule has 0 unspecified atom stereocenters. The second-order valence-electron chi connectivity index (χ2n) is 7.54. The third kappa shape index (κ3) is 5.84. The summed E-state index contributed by atoms with van der Waals surface area (Å²) in [5.74, 6) is -0.979. The van der Waals surface area contributed by atoms with Gasteiger partial charge in [-0.25, -0.2) is 8.42 Å². The number of rotatable bonds is 10. The quantitative estimate of drug-likeness (QED) is 0.304. The minimum atomic E-state index is -3.78. The maximum Gasteiger partial charge on any atom is 0.326 e. The van der Waals surface area contributed by atoms with E-state index in [2.05, 4.69) is 18.2 Å². The van der Waals surface area contributed by atoms with Crippen LogP contribution < -0.4 is 4.80 Å². The monoisotopic (exact) mass is 513 g/mol. The number of para-hydroxylation sites is 1. The number of fused-ring (bicyclic) bond motifs is 1. The minimum Gasteiger partial charge on any atom is -0.465 e. The van der Waals surface area contributed by atoms with Crippen molar-refractivity contribution >= 4 is 43.5 Å². The standard InChI is InChI=1S/C25H27N3O5S2/c1-5-15-27(16-6-2)35(31,32)20-13-11-19(12-14-20)24(30)26-25-28(17-22(29)33-7-3)23-18(4)9-8-10-21(23)34-25/h5-6,8-14H,1-2,7,15-17H2,3-4H3. The van der Waals surface area contributed by atoms with E-state index in [1.807, 2.05) is 25.1 Å². The van der Waals surface area contributed by atoms with Gasteiger partial charge in [-0.05, 0) is 49.7 Å². The molecule has 3 rings (SSSR count). The van der Waals surface area contributed by atoms with E-state index in [-0.39, 0.29) is 36.7 Å². The summed E-state index contributed by atoms with van der Waals surface area (Å²) < 4.78 is 34.7. The molecule has 0 N–H and O–H groups in total. The Bertz CT molecular complexity index is 1420. The van der Waals surface area contributed by atoms with Crippen LogP contribution in [0.4, 0.5) is 0 Å². The molecule has 0 fully saturated rings. The molecule has 0 atom stereocenters. The highest BCUT2D eigenvalue weighted by atomic mass is 32.2. The van der Waals surface area contributed by atoms with Crippen LogP contribution >= 0.6 is 11.3 Å². The number of ether oxygens (including phenoxy) is 1. The van der Waals surface area contributed by atoms with Crippen molar-refractivity contribution < 1.29 is 22.7 Å². The SMILES string of the molecule is C=CCN(CC=C)S(=O)(=O)c1ccc(C(=O)N=c2sc3cccc(C)c3n2CC(=O)OCC)cc1. The van der Waals surface area contributed by atoms with Crippen LogP contribution in [-0.4, -0.2) is 48.9 Å². The molecule has 1 amide bonds. The lowest BCUT2D eigenvalue weighted by molar-refractivity contribution is -0.143. The molecular weight excluding hydrogens is 486 g/mol. The molecule has 0 spiro atoms. The van der Waals surface area contributed by atoms with Crippen molar-refractivity contribution in [2.75, 3.05) is 19.7 Å². The number of aryl methyl sites for hydroxylation is 1. The number of carbonyl (C=O) groups is 2. The van der Waals surface area contributed by atoms with E-state index < -0.39 is 21.9 Å². The smallest absolute Gasteiger partial charge is 0.326 e. The molecule has 0 radical (unpaired) electrons. The predicted molar refractivity (Wildman–Crippen MR) is 137 cm³/mol. The van der Waals surface area contributed by atoms with Crippen LogP contribution in [0.5, 0.6) is 0 Å². The third-order valence-electron chi connectivity index (χ3n) is 5.10. The van der Waals surface area contributed by atoms with E-state index >= 15 is 0 Å². The summed E-state index contributed by atoms with van der Waals surface area (Å²) in [5, 5.41) is 0. The lowest BCUT2D eigenvalue weighted by Gasteiger charge is -2.19.